The quantitative estimate of drug-likeness (QED) is 0.859. The lowest BCUT2D eigenvalue weighted by molar-refractivity contribution is -0.120. The first-order valence-corrected chi connectivity index (χ1v) is 8.48. The summed E-state index contributed by atoms with van der Waals surface area (Å²) in [6.07, 6.45) is 3.62. The van der Waals surface area contributed by atoms with E-state index >= 15 is 0 Å². The second kappa shape index (κ2) is 8.06. The van der Waals surface area contributed by atoms with Crippen LogP contribution in [0.2, 0.25) is 5.02 Å². The topological polar surface area (TPSA) is 80.9 Å². The van der Waals surface area contributed by atoms with Crippen molar-refractivity contribution in [3.8, 4) is 10.6 Å². The molecule has 3 rings (SSSR count). The second-order valence-corrected chi connectivity index (χ2v) is 6.89. The minimum Gasteiger partial charge on any atom is -0.328 e. The van der Waals surface area contributed by atoms with Crippen LogP contribution in [0.5, 0.6) is 0 Å². The Morgan fingerprint density at radius 3 is 2.83 bits per heavy atom. The largest absolute Gasteiger partial charge is 0.328 e. The van der Waals surface area contributed by atoms with E-state index in [1.807, 2.05) is 18.2 Å². The third-order valence-corrected chi connectivity index (χ3v) is 5.05. The third-order valence-electron chi connectivity index (χ3n) is 3.84. The molecule has 1 amide bonds. The average molecular weight is 373 g/mol. The molecule has 1 heterocycles. The first-order valence-electron chi connectivity index (χ1n) is 7.28. The van der Waals surface area contributed by atoms with Gasteiger partial charge in [0.15, 0.2) is 5.01 Å². The lowest BCUT2D eigenvalue weighted by Crippen LogP contribution is -2.34. The van der Waals surface area contributed by atoms with Gasteiger partial charge in [-0.2, -0.15) is 0 Å². The molecule has 0 aliphatic heterocycles. The maximum Gasteiger partial charge on any atom is 0.229 e. The van der Waals surface area contributed by atoms with Gasteiger partial charge in [0.25, 0.3) is 0 Å². The van der Waals surface area contributed by atoms with Gasteiger partial charge < -0.3 is 11.1 Å². The normalized spacial score (nSPS) is 20.6. The first kappa shape index (κ1) is 18.1. The predicted molar refractivity (Wildman–Crippen MR) is 96.2 cm³/mol. The number of carbonyl (C=O) groups is 1. The van der Waals surface area contributed by atoms with Crippen LogP contribution >= 0.6 is 35.3 Å². The molecule has 0 saturated heterocycles. The van der Waals surface area contributed by atoms with E-state index in [0.717, 1.165) is 31.2 Å². The Kier molecular flexibility index (Phi) is 6.35. The maximum atomic E-state index is 12.3. The molecule has 8 heteroatoms. The average Bonchev–Trinajstić information content (AvgIpc) is 2.96. The smallest absolute Gasteiger partial charge is 0.229 e. The van der Waals surface area contributed by atoms with Crippen LogP contribution in [0, 0.1) is 5.92 Å². The Hall–Kier alpha value is -1.21. The summed E-state index contributed by atoms with van der Waals surface area (Å²) in [5.41, 5.74) is 6.75. The fourth-order valence-electron chi connectivity index (χ4n) is 2.69. The number of hydrogen-bond donors (Lipinski definition) is 2. The zero-order valence-electron chi connectivity index (χ0n) is 12.4. The Labute approximate surface area is 150 Å². The Morgan fingerprint density at radius 2 is 2.09 bits per heavy atom. The Balaban J connectivity index is 0.00000192. The Morgan fingerprint density at radius 1 is 1.30 bits per heavy atom. The third kappa shape index (κ3) is 4.41. The summed E-state index contributed by atoms with van der Waals surface area (Å²) in [5, 5.41) is 12.8. The zero-order valence-corrected chi connectivity index (χ0v) is 14.8. The van der Waals surface area contributed by atoms with E-state index in [0.29, 0.717) is 15.2 Å². The minimum absolute atomic E-state index is 0. The number of nitrogens with zero attached hydrogens (tertiary/aromatic N) is 2. The number of aromatic nitrogens is 2. The molecule has 1 aromatic carbocycles. The summed E-state index contributed by atoms with van der Waals surface area (Å²) < 4.78 is 0. The molecule has 5 nitrogen and oxygen atoms in total. The van der Waals surface area contributed by atoms with Crippen molar-refractivity contribution in [2.24, 2.45) is 11.7 Å². The molecule has 1 aromatic heterocycles. The van der Waals surface area contributed by atoms with Crippen molar-refractivity contribution in [3.63, 3.8) is 0 Å². The van der Waals surface area contributed by atoms with E-state index in [1.165, 1.54) is 11.3 Å². The van der Waals surface area contributed by atoms with Crippen LogP contribution < -0.4 is 11.1 Å². The number of nitrogens with two attached hydrogens (primary N) is 1. The fourth-order valence-corrected chi connectivity index (χ4v) is 3.76. The molecule has 1 aliphatic carbocycles. The van der Waals surface area contributed by atoms with Gasteiger partial charge >= 0.3 is 0 Å². The van der Waals surface area contributed by atoms with Gasteiger partial charge in [-0.05, 0) is 25.3 Å². The summed E-state index contributed by atoms with van der Waals surface area (Å²) in [6, 6.07) is 7.57. The zero-order chi connectivity index (χ0) is 15.5. The predicted octanol–water partition coefficient (Wildman–Crippen LogP) is 3.74. The number of rotatable bonds is 3. The fraction of sp³-hybridized carbons (Fsp3) is 0.400. The van der Waals surface area contributed by atoms with Crippen LogP contribution in [0.25, 0.3) is 10.6 Å². The van der Waals surface area contributed by atoms with Gasteiger partial charge in [0.05, 0.1) is 5.02 Å². The van der Waals surface area contributed by atoms with E-state index in [-0.39, 0.29) is 30.3 Å². The van der Waals surface area contributed by atoms with Gasteiger partial charge in [-0.15, -0.1) is 22.6 Å². The van der Waals surface area contributed by atoms with Crippen molar-refractivity contribution >= 4 is 46.4 Å². The van der Waals surface area contributed by atoms with Gasteiger partial charge in [0.1, 0.15) is 0 Å². The lowest BCUT2D eigenvalue weighted by Gasteiger charge is -2.25. The lowest BCUT2D eigenvalue weighted by atomic mass is 9.86. The van der Waals surface area contributed by atoms with E-state index in [1.54, 1.807) is 6.07 Å². The van der Waals surface area contributed by atoms with Crippen molar-refractivity contribution in [2.75, 3.05) is 5.32 Å². The molecular formula is C15H18Cl2N4OS. The monoisotopic (exact) mass is 372 g/mol. The van der Waals surface area contributed by atoms with Crippen molar-refractivity contribution in [1.29, 1.82) is 0 Å². The number of amides is 1. The highest BCUT2D eigenvalue weighted by Gasteiger charge is 2.26. The van der Waals surface area contributed by atoms with Gasteiger partial charge in [0, 0.05) is 17.5 Å². The van der Waals surface area contributed by atoms with E-state index in [9.17, 15) is 4.79 Å². The van der Waals surface area contributed by atoms with Crippen LogP contribution in [0.1, 0.15) is 25.7 Å². The molecule has 23 heavy (non-hydrogen) atoms. The second-order valence-electron chi connectivity index (χ2n) is 5.51. The van der Waals surface area contributed by atoms with E-state index in [4.69, 9.17) is 17.3 Å². The highest BCUT2D eigenvalue weighted by Crippen LogP contribution is 2.32. The van der Waals surface area contributed by atoms with Crippen molar-refractivity contribution < 1.29 is 4.79 Å². The van der Waals surface area contributed by atoms with Crippen molar-refractivity contribution in [3.05, 3.63) is 29.3 Å². The molecule has 3 N–H and O–H groups in total. The SMILES string of the molecule is Cl.NC1CCCC(C(=O)Nc2nnc(-c3ccccc3Cl)s2)C1. The molecule has 0 bridgehead atoms. The summed E-state index contributed by atoms with van der Waals surface area (Å²) >= 11 is 7.47. The molecular weight excluding hydrogens is 355 g/mol. The van der Waals surface area contributed by atoms with Crippen LogP contribution in [0.4, 0.5) is 5.13 Å². The summed E-state index contributed by atoms with van der Waals surface area (Å²) in [6.45, 7) is 0. The summed E-state index contributed by atoms with van der Waals surface area (Å²) in [5.74, 6) is -0.0478. The molecule has 124 valence electrons. The minimum atomic E-state index is -0.0311. The summed E-state index contributed by atoms with van der Waals surface area (Å²) in [4.78, 5) is 12.3. The summed E-state index contributed by atoms with van der Waals surface area (Å²) in [7, 11) is 0. The van der Waals surface area contributed by atoms with Gasteiger partial charge in [0.2, 0.25) is 11.0 Å². The molecule has 2 atom stereocenters. The molecule has 1 fully saturated rings. The number of hydrogen-bond acceptors (Lipinski definition) is 5. The van der Waals surface area contributed by atoms with Gasteiger partial charge in [-0.25, -0.2) is 0 Å². The van der Waals surface area contributed by atoms with Gasteiger partial charge in [-0.1, -0.05) is 47.6 Å². The van der Waals surface area contributed by atoms with Crippen LogP contribution in [0.3, 0.4) is 0 Å². The number of nitrogens with one attached hydrogen (secondary N) is 1. The van der Waals surface area contributed by atoms with Crippen LogP contribution in [0.15, 0.2) is 24.3 Å². The van der Waals surface area contributed by atoms with Crippen LogP contribution in [-0.2, 0) is 4.79 Å². The maximum absolute atomic E-state index is 12.3. The molecule has 1 saturated carbocycles. The molecule has 0 radical (unpaired) electrons. The number of benzene rings is 1. The number of halogens is 2. The standard InChI is InChI=1S/C15H17ClN4OS.ClH/c16-12-7-2-1-6-11(12)14-19-20-15(22-14)18-13(21)9-4-3-5-10(17)8-9;/h1-2,6-7,9-10H,3-5,8,17H2,(H,18,20,21);1H. The molecule has 0 spiro atoms. The number of anilines is 1. The first-order chi connectivity index (χ1) is 10.6. The van der Waals surface area contributed by atoms with E-state index in [2.05, 4.69) is 15.5 Å². The van der Waals surface area contributed by atoms with Crippen molar-refractivity contribution in [2.45, 2.75) is 31.7 Å². The van der Waals surface area contributed by atoms with Gasteiger partial charge in [-0.3, -0.25) is 4.79 Å². The van der Waals surface area contributed by atoms with E-state index < -0.39 is 0 Å². The molecule has 2 unspecified atom stereocenters. The number of carbonyl (C=O) groups excluding carboxylic acids is 1. The highest BCUT2D eigenvalue weighted by atomic mass is 35.5. The van der Waals surface area contributed by atoms with Crippen LogP contribution in [-0.4, -0.2) is 22.1 Å². The van der Waals surface area contributed by atoms with Crippen molar-refractivity contribution in [1.82, 2.24) is 10.2 Å². The highest BCUT2D eigenvalue weighted by molar-refractivity contribution is 7.18. The molecule has 2 aromatic rings. The Bertz CT molecular complexity index is 679. The molecule has 1 aliphatic rings.